The largest absolute Gasteiger partial charge is 0.507 e. The number of rotatable bonds is 6. The van der Waals surface area contributed by atoms with Crippen molar-refractivity contribution in [1.29, 1.82) is 0 Å². The van der Waals surface area contributed by atoms with Crippen LogP contribution in [-0.4, -0.2) is 31.0 Å². The Bertz CT molecular complexity index is 832. The summed E-state index contributed by atoms with van der Waals surface area (Å²) in [6.45, 7) is 0. The Morgan fingerprint density at radius 1 is 1.12 bits per heavy atom. The van der Waals surface area contributed by atoms with Gasteiger partial charge in [0.05, 0.1) is 19.8 Å². The summed E-state index contributed by atoms with van der Waals surface area (Å²) in [5, 5.41) is 13.0. The van der Waals surface area contributed by atoms with Crippen molar-refractivity contribution >= 4 is 34.7 Å². The molecule has 0 bridgehead atoms. The number of hydrogen-bond donors (Lipinski definition) is 2. The quantitative estimate of drug-likeness (QED) is 0.467. The average Bonchev–Trinajstić information content (AvgIpc) is 2.60. The Morgan fingerprint density at radius 2 is 1.88 bits per heavy atom. The number of amides is 1. The first-order chi connectivity index (χ1) is 11.9. The molecule has 0 unspecified atom stereocenters. The zero-order chi connectivity index (χ0) is 18.4. The fourth-order valence-electron chi connectivity index (χ4n) is 2.04. The van der Waals surface area contributed by atoms with Gasteiger partial charge in [0.1, 0.15) is 17.3 Å². The molecule has 0 fully saturated rings. The highest BCUT2D eigenvalue weighted by molar-refractivity contribution is 6.45. The predicted octanol–water partition coefficient (Wildman–Crippen LogP) is 3.46. The van der Waals surface area contributed by atoms with Crippen molar-refractivity contribution in [3.05, 3.63) is 59.1 Å². The fraction of sp³-hybridized carbons (Fsp3) is 0.111. The van der Waals surface area contributed by atoms with Crippen LogP contribution in [0.3, 0.4) is 0 Å². The van der Waals surface area contributed by atoms with Gasteiger partial charge in [0, 0.05) is 16.8 Å². The van der Waals surface area contributed by atoms with Crippen molar-refractivity contribution < 1.29 is 24.2 Å². The molecule has 7 heteroatoms. The smallest absolute Gasteiger partial charge is 0.296 e. The SMILES string of the molecule is COc1ccc(OC)c(/C(O)=C/C(=O)C(=O)Nc2cccc(Cl)c2)c1. The first kappa shape index (κ1) is 18.4. The molecule has 0 aromatic heterocycles. The summed E-state index contributed by atoms with van der Waals surface area (Å²) in [4.78, 5) is 24.0. The lowest BCUT2D eigenvalue weighted by Crippen LogP contribution is -2.21. The molecule has 130 valence electrons. The lowest BCUT2D eigenvalue weighted by atomic mass is 10.1. The van der Waals surface area contributed by atoms with Crippen LogP contribution in [0, 0.1) is 0 Å². The monoisotopic (exact) mass is 361 g/mol. The second-order valence-corrected chi connectivity index (χ2v) is 5.36. The number of anilines is 1. The molecule has 0 radical (unpaired) electrons. The summed E-state index contributed by atoms with van der Waals surface area (Å²) in [6, 6.07) is 11.1. The van der Waals surface area contributed by atoms with Crippen LogP contribution in [0.5, 0.6) is 11.5 Å². The number of carbonyl (C=O) groups is 2. The lowest BCUT2D eigenvalue weighted by Gasteiger charge is -2.09. The maximum absolute atomic E-state index is 12.0. The van der Waals surface area contributed by atoms with Gasteiger partial charge in [-0.25, -0.2) is 0 Å². The van der Waals surface area contributed by atoms with Crippen molar-refractivity contribution in [3.8, 4) is 11.5 Å². The minimum Gasteiger partial charge on any atom is -0.507 e. The van der Waals surface area contributed by atoms with Crippen LogP contribution in [-0.2, 0) is 9.59 Å². The molecule has 0 saturated carbocycles. The van der Waals surface area contributed by atoms with Gasteiger partial charge in [-0.1, -0.05) is 17.7 Å². The summed E-state index contributed by atoms with van der Waals surface area (Å²) in [6.07, 6.45) is 0.817. The summed E-state index contributed by atoms with van der Waals surface area (Å²) in [5.41, 5.74) is 0.600. The molecule has 2 aromatic rings. The van der Waals surface area contributed by atoms with E-state index in [1.807, 2.05) is 0 Å². The highest BCUT2D eigenvalue weighted by Crippen LogP contribution is 2.28. The number of ketones is 1. The van der Waals surface area contributed by atoms with Crippen LogP contribution in [0.25, 0.3) is 5.76 Å². The number of ether oxygens (including phenoxy) is 2. The predicted molar refractivity (Wildman–Crippen MR) is 95.2 cm³/mol. The van der Waals surface area contributed by atoms with Gasteiger partial charge in [0.15, 0.2) is 0 Å². The van der Waals surface area contributed by atoms with Gasteiger partial charge < -0.3 is 19.9 Å². The number of carbonyl (C=O) groups excluding carboxylic acids is 2. The van der Waals surface area contributed by atoms with E-state index in [9.17, 15) is 14.7 Å². The van der Waals surface area contributed by atoms with E-state index in [1.165, 1.54) is 26.4 Å². The van der Waals surface area contributed by atoms with E-state index in [0.717, 1.165) is 6.08 Å². The molecule has 0 aliphatic rings. The number of aliphatic hydroxyl groups excluding tert-OH is 1. The maximum Gasteiger partial charge on any atom is 0.296 e. The van der Waals surface area contributed by atoms with E-state index in [-0.39, 0.29) is 5.56 Å². The summed E-state index contributed by atoms with van der Waals surface area (Å²) < 4.78 is 10.2. The van der Waals surface area contributed by atoms with Crippen LogP contribution in [0.4, 0.5) is 5.69 Å². The fourth-order valence-corrected chi connectivity index (χ4v) is 2.23. The summed E-state index contributed by atoms with van der Waals surface area (Å²) in [5.74, 6) is -1.45. The highest BCUT2D eigenvalue weighted by atomic mass is 35.5. The molecular weight excluding hydrogens is 346 g/mol. The molecule has 6 nitrogen and oxygen atoms in total. The molecule has 25 heavy (non-hydrogen) atoms. The van der Waals surface area contributed by atoms with E-state index < -0.39 is 17.4 Å². The zero-order valence-corrected chi connectivity index (χ0v) is 14.3. The van der Waals surface area contributed by atoms with Crippen molar-refractivity contribution in [1.82, 2.24) is 0 Å². The third-order valence-corrected chi connectivity index (χ3v) is 3.49. The van der Waals surface area contributed by atoms with E-state index >= 15 is 0 Å². The van der Waals surface area contributed by atoms with Crippen molar-refractivity contribution in [2.75, 3.05) is 19.5 Å². The second kappa shape index (κ2) is 8.21. The Labute approximate surface area is 149 Å². The molecule has 2 N–H and O–H groups in total. The standard InChI is InChI=1S/C18H16ClNO5/c1-24-13-6-7-17(25-2)14(9-13)15(21)10-16(22)18(23)20-12-5-3-4-11(19)8-12/h3-10,21H,1-2H3,(H,20,23)/b15-10-. The van der Waals surface area contributed by atoms with E-state index in [4.69, 9.17) is 21.1 Å². The molecule has 0 saturated heterocycles. The third-order valence-electron chi connectivity index (χ3n) is 3.26. The molecule has 0 spiro atoms. The highest BCUT2D eigenvalue weighted by Gasteiger charge is 2.16. The normalized spacial score (nSPS) is 10.9. The van der Waals surface area contributed by atoms with Gasteiger partial charge in [-0.3, -0.25) is 9.59 Å². The molecule has 0 atom stereocenters. The van der Waals surface area contributed by atoms with Crippen LogP contribution >= 0.6 is 11.6 Å². The molecule has 0 aliphatic heterocycles. The number of nitrogens with one attached hydrogen (secondary N) is 1. The van der Waals surface area contributed by atoms with E-state index in [0.29, 0.717) is 22.2 Å². The summed E-state index contributed by atoms with van der Waals surface area (Å²) >= 11 is 5.82. The molecule has 2 aromatic carbocycles. The van der Waals surface area contributed by atoms with Crippen LogP contribution in [0.15, 0.2) is 48.5 Å². The van der Waals surface area contributed by atoms with Gasteiger partial charge in [0.2, 0.25) is 5.78 Å². The molecular formula is C18H16ClNO5. The maximum atomic E-state index is 12.0. The van der Waals surface area contributed by atoms with Crippen molar-refractivity contribution in [2.45, 2.75) is 0 Å². The van der Waals surface area contributed by atoms with Gasteiger partial charge in [-0.15, -0.1) is 0 Å². The number of benzene rings is 2. The van der Waals surface area contributed by atoms with Crippen LogP contribution in [0.1, 0.15) is 5.56 Å². The van der Waals surface area contributed by atoms with Gasteiger partial charge in [-0.05, 0) is 36.4 Å². The average molecular weight is 362 g/mol. The molecule has 1 amide bonds. The minimum atomic E-state index is -0.928. The van der Waals surface area contributed by atoms with Crippen LogP contribution in [0.2, 0.25) is 5.02 Å². The Morgan fingerprint density at radius 3 is 2.52 bits per heavy atom. The Balaban J connectivity index is 2.21. The van der Waals surface area contributed by atoms with Crippen molar-refractivity contribution in [3.63, 3.8) is 0 Å². The zero-order valence-electron chi connectivity index (χ0n) is 13.6. The van der Waals surface area contributed by atoms with Gasteiger partial charge in [-0.2, -0.15) is 0 Å². The molecule has 0 heterocycles. The number of hydrogen-bond acceptors (Lipinski definition) is 5. The summed E-state index contributed by atoms with van der Waals surface area (Å²) in [7, 11) is 2.89. The topological polar surface area (TPSA) is 84.9 Å². The lowest BCUT2D eigenvalue weighted by molar-refractivity contribution is -0.131. The Kier molecular flexibility index (Phi) is 6.03. The second-order valence-electron chi connectivity index (χ2n) is 4.92. The van der Waals surface area contributed by atoms with E-state index in [2.05, 4.69) is 5.32 Å². The minimum absolute atomic E-state index is 0.228. The van der Waals surface area contributed by atoms with Gasteiger partial charge in [0.25, 0.3) is 5.91 Å². The number of aliphatic hydroxyl groups is 1. The molecule has 0 aliphatic carbocycles. The van der Waals surface area contributed by atoms with E-state index in [1.54, 1.807) is 30.3 Å². The first-order valence-corrected chi connectivity index (χ1v) is 7.56. The Hall–Kier alpha value is -2.99. The van der Waals surface area contributed by atoms with Crippen LogP contribution < -0.4 is 14.8 Å². The first-order valence-electron chi connectivity index (χ1n) is 7.18. The van der Waals surface area contributed by atoms with Crippen molar-refractivity contribution in [2.24, 2.45) is 0 Å². The van der Waals surface area contributed by atoms with Gasteiger partial charge >= 0.3 is 0 Å². The molecule has 2 rings (SSSR count). The third kappa shape index (κ3) is 4.74. The number of halogens is 1. The number of methoxy groups -OCH3 is 2.